The molecule has 4 unspecified atom stereocenters. The summed E-state index contributed by atoms with van der Waals surface area (Å²) in [6.07, 6.45) is 2.25. The van der Waals surface area contributed by atoms with Gasteiger partial charge in [0.05, 0.1) is 12.6 Å². The Balaban J connectivity index is 2.24. The highest BCUT2D eigenvalue weighted by molar-refractivity contribution is 5.95. The summed E-state index contributed by atoms with van der Waals surface area (Å²) in [5, 5.41) is 27.4. The smallest absolute Gasteiger partial charge is 0.326 e. The summed E-state index contributed by atoms with van der Waals surface area (Å²) in [6.45, 7) is 6.34. The van der Waals surface area contributed by atoms with Crippen molar-refractivity contribution in [3.8, 4) is 0 Å². The number of aromatic nitrogens is 1. The van der Waals surface area contributed by atoms with Crippen LogP contribution in [0.2, 0.25) is 0 Å². The van der Waals surface area contributed by atoms with Crippen molar-refractivity contribution in [1.82, 2.24) is 20.9 Å². The topological polar surface area (TPSA) is 187 Å². The first-order chi connectivity index (χ1) is 16.9. The lowest BCUT2D eigenvalue weighted by Crippen LogP contribution is -2.59. The molecule has 0 aliphatic heterocycles. The fourth-order valence-corrected chi connectivity index (χ4v) is 3.86. The van der Waals surface area contributed by atoms with Gasteiger partial charge in [-0.1, -0.05) is 45.9 Å². The molecule has 198 valence electrons. The SMILES string of the molecule is CC(C)CC(N)C(=O)NC(Cc1c[nH]c2ccccc12)C(=O)NC(CO)C(=O)NC(C(=O)O)C(C)C. The summed E-state index contributed by atoms with van der Waals surface area (Å²) in [4.78, 5) is 53.2. The van der Waals surface area contributed by atoms with Crippen LogP contribution in [-0.2, 0) is 25.6 Å². The van der Waals surface area contributed by atoms with E-state index in [1.165, 1.54) is 0 Å². The number of carbonyl (C=O) groups is 4. The maximum absolute atomic E-state index is 13.2. The molecule has 1 aromatic carbocycles. The van der Waals surface area contributed by atoms with Crippen molar-refractivity contribution in [2.45, 2.75) is 64.7 Å². The highest BCUT2D eigenvalue weighted by Crippen LogP contribution is 2.19. The lowest BCUT2D eigenvalue weighted by Gasteiger charge is -2.25. The van der Waals surface area contributed by atoms with Crippen LogP contribution in [0, 0.1) is 11.8 Å². The van der Waals surface area contributed by atoms with Gasteiger partial charge in [0.2, 0.25) is 17.7 Å². The summed E-state index contributed by atoms with van der Waals surface area (Å²) in [5.41, 5.74) is 7.63. The molecule has 11 nitrogen and oxygen atoms in total. The van der Waals surface area contributed by atoms with Crippen molar-refractivity contribution in [3.63, 3.8) is 0 Å². The minimum atomic E-state index is -1.41. The number of rotatable bonds is 13. The van der Waals surface area contributed by atoms with Crippen molar-refractivity contribution in [2.75, 3.05) is 6.61 Å². The molecule has 0 aliphatic rings. The Bertz CT molecular complexity index is 1070. The lowest BCUT2D eigenvalue weighted by atomic mass is 10.0. The second-order valence-corrected chi connectivity index (χ2v) is 9.67. The number of aromatic amines is 1. The Hall–Kier alpha value is -3.44. The van der Waals surface area contributed by atoms with E-state index in [1.54, 1.807) is 20.0 Å². The molecule has 1 aromatic heterocycles. The molecule has 2 rings (SSSR count). The molecule has 11 heteroatoms. The van der Waals surface area contributed by atoms with E-state index in [0.29, 0.717) is 6.42 Å². The molecular formula is C25H37N5O6. The molecule has 36 heavy (non-hydrogen) atoms. The van der Waals surface area contributed by atoms with Gasteiger partial charge in [-0.25, -0.2) is 4.79 Å². The molecule has 0 bridgehead atoms. The van der Waals surface area contributed by atoms with E-state index in [-0.39, 0.29) is 12.3 Å². The number of nitrogens with two attached hydrogens (primary N) is 1. The number of carboxylic acid groups (broad SMARTS) is 1. The fraction of sp³-hybridized carbons (Fsp3) is 0.520. The van der Waals surface area contributed by atoms with E-state index in [0.717, 1.165) is 16.5 Å². The zero-order chi connectivity index (χ0) is 27.0. The number of aliphatic carboxylic acids is 1. The predicted octanol–water partition coefficient (Wildman–Crippen LogP) is 0.271. The van der Waals surface area contributed by atoms with E-state index < -0.39 is 60.4 Å². The molecule has 3 amide bonds. The quantitative estimate of drug-likeness (QED) is 0.204. The molecule has 0 radical (unpaired) electrons. The molecule has 1 heterocycles. The van der Waals surface area contributed by atoms with Crippen LogP contribution < -0.4 is 21.7 Å². The van der Waals surface area contributed by atoms with Crippen LogP contribution in [0.4, 0.5) is 0 Å². The summed E-state index contributed by atoms with van der Waals surface area (Å²) >= 11 is 0. The number of H-pyrrole nitrogens is 1. The fourth-order valence-electron chi connectivity index (χ4n) is 3.86. The van der Waals surface area contributed by atoms with Crippen molar-refractivity contribution >= 4 is 34.6 Å². The van der Waals surface area contributed by atoms with E-state index in [9.17, 15) is 29.4 Å². The van der Waals surface area contributed by atoms with Gasteiger partial charge in [0.1, 0.15) is 18.1 Å². The Morgan fingerprint density at radius 1 is 0.944 bits per heavy atom. The standard InChI is InChI=1S/C25H37N5O6/c1-13(2)9-17(26)22(32)28-19(10-15-11-27-18-8-6-5-7-16(15)18)23(33)29-20(12-31)24(34)30-21(14(3)4)25(35)36/h5-8,11,13-14,17,19-21,27,31H,9-10,12,26H2,1-4H3,(H,28,32)(H,29,33)(H,30,34)(H,35,36). The number of hydrogen-bond acceptors (Lipinski definition) is 6. The molecule has 8 N–H and O–H groups in total. The minimum Gasteiger partial charge on any atom is -0.480 e. The molecule has 4 atom stereocenters. The molecule has 0 saturated carbocycles. The van der Waals surface area contributed by atoms with E-state index in [4.69, 9.17) is 5.73 Å². The summed E-state index contributed by atoms with van der Waals surface area (Å²) in [6, 6.07) is 2.94. The summed E-state index contributed by atoms with van der Waals surface area (Å²) < 4.78 is 0. The summed E-state index contributed by atoms with van der Waals surface area (Å²) in [5.74, 6) is -3.56. The van der Waals surface area contributed by atoms with E-state index in [1.807, 2.05) is 38.1 Å². The maximum atomic E-state index is 13.2. The largest absolute Gasteiger partial charge is 0.480 e. The van der Waals surface area contributed by atoms with Gasteiger partial charge < -0.3 is 36.9 Å². The average Bonchev–Trinajstić information content (AvgIpc) is 3.22. The van der Waals surface area contributed by atoms with Crippen molar-refractivity contribution in [3.05, 3.63) is 36.0 Å². The van der Waals surface area contributed by atoms with Gasteiger partial charge >= 0.3 is 5.97 Å². The monoisotopic (exact) mass is 503 g/mol. The minimum absolute atomic E-state index is 0.0967. The van der Waals surface area contributed by atoms with Gasteiger partial charge in [0.25, 0.3) is 0 Å². The highest BCUT2D eigenvalue weighted by Gasteiger charge is 2.31. The number of para-hydroxylation sites is 1. The lowest BCUT2D eigenvalue weighted by molar-refractivity contribution is -0.143. The van der Waals surface area contributed by atoms with Crippen LogP contribution >= 0.6 is 0 Å². The van der Waals surface area contributed by atoms with Gasteiger partial charge in [0, 0.05) is 23.5 Å². The summed E-state index contributed by atoms with van der Waals surface area (Å²) in [7, 11) is 0. The molecule has 0 fully saturated rings. The molecule has 0 spiro atoms. The average molecular weight is 504 g/mol. The van der Waals surface area contributed by atoms with Crippen LogP contribution in [0.1, 0.15) is 39.7 Å². The molecule has 0 aliphatic carbocycles. The van der Waals surface area contributed by atoms with Gasteiger partial charge in [-0.3, -0.25) is 14.4 Å². The Kier molecular flexibility index (Phi) is 10.4. The van der Waals surface area contributed by atoms with Gasteiger partial charge in [-0.2, -0.15) is 0 Å². The van der Waals surface area contributed by atoms with E-state index >= 15 is 0 Å². The maximum Gasteiger partial charge on any atom is 0.326 e. The van der Waals surface area contributed by atoms with Crippen LogP contribution in [0.25, 0.3) is 10.9 Å². The second-order valence-electron chi connectivity index (χ2n) is 9.67. The third kappa shape index (κ3) is 7.79. The number of aliphatic hydroxyl groups excluding tert-OH is 1. The normalized spacial score (nSPS) is 14.8. The first-order valence-corrected chi connectivity index (χ1v) is 12.0. The number of benzene rings is 1. The van der Waals surface area contributed by atoms with Gasteiger partial charge in [0.15, 0.2) is 0 Å². The molecule has 0 saturated heterocycles. The Morgan fingerprint density at radius 3 is 2.14 bits per heavy atom. The van der Waals surface area contributed by atoms with Crippen LogP contribution in [-0.4, -0.2) is 69.7 Å². The highest BCUT2D eigenvalue weighted by atomic mass is 16.4. The third-order valence-electron chi connectivity index (χ3n) is 5.84. The number of nitrogens with one attached hydrogen (secondary N) is 4. The number of carboxylic acids is 1. The Morgan fingerprint density at radius 2 is 1.56 bits per heavy atom. The van der Waals surface area contributed by atoms with Gasteiger partial charge in [-0.15, -0.1) is 0 Å². The van der Waals surface area contributed by atoms with Crippen molar-refractivity contribution < 1.29 is 29.4 Å². The number of carbonyl (C=O) groups excluding carboxylic acids is 3. The molecule has 2 aromatic rings. The first kappa shape index (κ1) is 28.8. The predicted molar refractivity (Wildman–Crippen MR) is 135 cm³/mol. The van der Waals surface area contributed by atoms with E-state index in [2.05, 4.69) is 20.9 Å². The van der Waals surface area contributed by atoms with Crippen LogP contribution in [0.3, 0.4) is 0 Å². The zero-order valence-electron chi connectivity index (χ0n) is 21.1. The number of aliphatic hydroxyl groups is 1. The van der Waals surface area contributed by atoms with Crippen molar-refractivity contribution in [1.29, 1.82) is 0 Å². The molecular weight excluding hydrogens is 466 g/mol. The number of hydrogen-bond donors (Lipinski definition) is 7. The number of amides is 3. The zero-order valence-corrected chi connectivity index (χ0v) is 21.1. The first-order valence-electron chi connectivity index (χ1n) is 12.0. The van der Waals surface area contributed by atoms with Gasteiger partial charge in [-0.05, 0) is 29.9 Å². The third-order valence-corrected chi connectivity index (χ3v) is 5.84. The van der Waals surface area contributed by atoms with Crippen LogP contribution in [0.15, 0.2) is 30.5 Å². The second kappa shape index (κ2) is 13.0. The Labute approximate surface area is 210 Å². The van der Waals surface area contributed by atoms with Crippen LogP contribution in [0.5, 0.6) is 0 Å². The van der Waals surface area contributed by atoms with Crippen molar-refractivity contribution in [2.24, 2.45) is 17.6 Å². The number of fused-ring (bicyclic) bond motifs is 1.